The second-order valence-corrected chi connectivity index (χ2v) is 7.22. The summed E-state index contributed by atoms with van der Waals surface area (Å²) >= 11 is 0. The van der Waals surface area contributed by atoms with Gasteiger partial charge in [-0.05, 0) is 47.6 Å². The van der Waals surface area contributed by atoms with Gasteiger partial charge in [-0.1, -0.05) is 0 Å². The molecule has 2 heterocycles. The first-order chi connectivity index (χ1) is 8.19. The number of hydrogen-bond acceptors (Lipinski definition) is 3. The van der Waals surface area contributed by atoms with Gasteiger partial charge in [0.2, 0.25) is 0 Å². The maximum Gasteiger partial charge on any atom is 0.0599 e. The van der Waals surface area contributed by atoms with Gasteiger partial charge in [-0.15, -0.1) is 0 Å². The predicted molar refractivity (Wildman–Crippen MR) is 77.1 cm³/mol. The monoisotopic (exact) mass is 249 g/mol. The lowest BCUT2D eigenvalue weighted by Crippen LogP contribution is -2.53. The highest BCUT2D eigenvalue weighted by Gasteiger charge is 2.32. The Balaban J connectivity index is 2.28. The van der Waals surface area contributed by atoms with Crippen molar-refractivity contribution in [1.82, 2.24) is 15.1 Å². The van der Waals surface area contributed by atoms with Crippen LogP contribution in [0.25, 0.3) is 0 Å². The van der Waals surface area contributed by atoms with E-state index in [1.165, 1.54) is 11.4 Å². The number of nitrogens with one attached hydrogen (secondary N) is 1. The molecule has 0 saturated heterocycles. The summed E-state index contributed by atoms with van der Waals surface area (Å²) in [6.07, 6.45) is 4.44. The largest absolute Gasteiger partial charge is 0.382 e. The number of nitrogens with zero attached hydrogens (tertiary/aromatic N) is 2. The summed E-state index contributed by atoms with van der Waals surface area (Å²) in [6.45, 7) is 16.8. The summed E-state index contributed by atoms with van der Waals surface area (Å²) in [5.74, 6) is 0. The molecule has 0 aromatic rings. The third kappa shape index (κ3) is 2.50. The Kier molecular flexibility index (Phi) is 3.12. The van der Waals surface area contributed by atoms with Gasteiger partial charge in [0, 0.05) is 30.4 Å². The van der Waals surface area contributed by atoms with Crippen molar-refractivity contribution in [2.24, 2.45) is 0 Å². The maximum absolute atomic E-state index is 3.52. The minimum Gasteiger partial charge on any atom is -0.382 e. The summed E-state index contributed by atoms with van der Waals surface area (Å²) in [6, 6.07) is 0. The van der Waals surface area contributed by atoms with Gasteiger partial charge in [-0.2, -0.15) is 0 Å². The van der Waals surface area contributed by atoms with Crippen molar-refractivity contribution in [3.8, 4) is 0 Å². The Morgan fingerprint density at radius 3 is 2.28 bits per heavy atom. The van der Waals surface area contributed by atoms with Crippen LogP contribution in [0.2, 0.25) is 0 Å². The summed E-state index contributed by atoms with van der Waals surface area (Å²) < 4.78 is 0. The van der Waals surface area contributed by atoms with E-state index in [0.717, 1.165) is 19.6 Å². The Hall–Kier alpha value is -1.12. The lowest BCUT2D eigenvalue weighted by molar-refractivity contribution is 0.133. The van der Waals surface area contributed by atoms with Crippen LogP contribution in [0, 0.1) is 0 Å². The van der Waals surface area contributed by atoms with Crippen LogP contribution in [-0.2, 0) is 0 Å². The third-order valence-corrected chi connectivity index (χ3v) is 3.70. The normalized spacial score (nSPS) is 21.0. The highest BCUT2D eigenvalue weighted by Crippen LogP contribution is 2.29. The zero-order valence-electron chi connectivity index (χ0n) is 12.7. The molecule has 0 bridgehead atoms. The number of hydrogen-bond donors (Lipinski definition) is 1. The molecule has 1 N–H and O–H groups in total. The van der Waals surface area contributed by atoms with Crippen molar-refractivity contribution in [3.05, 3.63) is 23.7 Å². The maximum atomic E-state index is 3.52. The lowest BCUT2D eigenvalue weighted by atomic mass is 9.99. The van der Waals surface area contributed by atoms with Crippen LogP contribution in [-0.4, -0.2) is 40.5 Å². The van der Waals surface area contributed by atoms with E-state index in [0.29, 0.717) is 0 Å². The van der Waals surface area contributed by atoms with Gasteiger partial charge < -0.3 is 15.1 Å². The SMILES string of the molecule is CC(C)(C)N1C=CC2=C(C1)N(C(C)(C)C)CCN2. The zero-order valence-corrected chi connectivity index (χ0v) is 12.7. The molecule has 0 fully saturated rings. The fourth-order valence-corrected chi connectivity index (χ4v) is 2.59. The molecule has 0 aliphatic carbocycles. The molecule has 18 heavy (non-hydrogen) atoms. The molecule has 0 unspecified atom stereocenters. The highest BCUT2D eigenvalue weighted by molar-refractivity contribution is 5.31. The first kappa shape index (κ1) is 13.3. The molecule has 0 saturated carbocycles. The van der Waals surface area contributed by atoms with E-state index in [4.69, 9.17) is 0 Å². The van der Waals surface area contributed by atoms with E-state index in [1.807, 2.05) is 0 Å². The Labute approximate surface area is 112 Å². The molecule has 0 amide bonds. The van der Waals surface area contributed by atoms with Crippen molar-refractivity contribution in [2.45, 2.75) is 52.6 Å². The first-order valence-corrected chi connectivity index (χ1v) is 6.89. The quantitative estimate of drug-likeness (QED) is 0.712. The summed E-state index contributed by atoms with van der Waals surface area (Å²) in [4.78, 5) is 4.96. The van der Waals surface area contributed by atoms with E-state index in [1.54, 1.807) is 0 Å². The molecule has 102 valence electrons. The molecule has 0 aromatic heterocycles. The molecule has 3 nitrogen and oxygen atoms in total. The van der Waals surface area contributed by atoms with Crippen molar-refractivity contribution >= 4 is 0 Å². The van der Waals surface area contributed by atoms with E-state index in [9.17, 15) is 0 Å². The molecular formula is C15H27N3. The predicted octanol–water partition coefficient (Wildman–Crippen LogP) is 2.53. The molecule has 2 aliphatic rings. The molecule has 0 radical (unpaired) electrons. The van der Waals surface area contributed by atoms with Crippen LogP contribution >= 0.6 is 0 Å². The standard InChI is InChI=1S/C15H27N3/c1-14(2,3)17-9-7-12-13(11-17)18(10-8-16-12)15(4,5)6/h7,9,16H,8,10-11H2,1-6H3. The third-order valence-electron chi connectivity index (χ3n) is 3.70. The summed E-state index contributed by atoms with van der Waals surface area (Å²) in [5, 5.41) is 3.52. The first-order valence-electron chi connectivity index (χ1n) is 6.89. The Morgan fingerprint density at radius 2 is 1.72 bits per heavy atom. The van der Waals surface area contributed by atoms with Crippen LogP contribution in [0.3, 0.4) is 0 Å². The second-order valence-electron chi connectivity index (χ2n) is 7.22. The summed E-state index contributed by atoms with van der Waals surface area (Å²) in [5.41, 5.74) is 3.11. The lowest BCUT2D eigenvalue weighted by Gasteiger charge is -2.48. The smallest absolute Gasteiger partial charge is 0.0599 e. The topological polar surface area (TPSA) is 18.5 Å². The average molecular weight is 249 g/mol. The van der Waals surface area contributed by atoms with Gasteiger partial charge in [-0.3, -0.25) is 0 Å². The van der Waals surface area contributed by atoms with Gasteiger partial charge in [0.05, 0.1) is 17.9 Å². The van der Waals surface area contributed by atoms with Crippen molar-refractivity contribution in [1.29, 1.82) is 0 Å². The molecule has 0 aromatic carbocycles. The van der Waals surface area contributed by atoms with Gasteiger partial charge in [0.25, 0.3) is 0 Å². The molecule has 0 atom stereocenters. The van der Waals surface area contributed by atoms with Crippen molar-refractivity contribution in [3.63, 3.8) is 0 Å². The van der Waals surface area contributed by atoms with Crippen LogP contribution in [0.5, 0.6) is 0 Å². The zero-order chi connectivity index (χ0) is 13.6. The fraction of sp³-hybridized carbons (Fsp3) is 0.733. The average Bonchev–Trinajstić information content (AvgIpc) is 2.25. The van der Waals surface area contributed by atoms with Crippen LogP contribution in [0.1, 0.15) is 41.5 Å². The highest BCUT2D eigenvalue weighted by atomic mass is 15.3. The molecule has 3 heteroatoms. The van der Waals surface area contributed by atoms with E-state index in [-0.39, 0.29) is 11.1 Å². The number of rotatable bonds is 0. The van der Waals surface area contributed by atoms with Crippen LogP contribution in [0.15, 0.2) is 23.7 Å². The fourth-order valence-electron chi connectivity index (χ4n) is 2.59. The van der Waals surface area contributed by atoms with Gasteiger partial charge in [-0.25, -0.2) is 0 Å². The molecule has 0 spiro atoms. The van der Waals surface area contributed by atoms with Crippen molar-refractivity contribution in [2.75, 3.05) is 19.6 Å². The number of allylic oxidation sites excluding steroid dienone is 1. The molecular weight excluding hydrogens is 222 g/mol. The minimum atomic E-state index is 0.177. The molecule has 2 rings (SSSR count). The minimum absolute atomic E-state index is 0.177. The van der Waals surface area contributed by atoms with E-state index < -0.39 is 0 Å². The van der Waals surface area contributed by atoms with E-state index >= 15 is 0 Å². The second kappa shape index (κ2) is 4.22. The van der Waals surface area contributed by atoms with Gasteiger partial charge in [0.15, 0.2) is 0 Å². The van der Waals surface area contributed by atoms with Gasteiger partial charge >= 0.3 is 0 Å². The van der Waals surface area contributed by atoms with Crippen LogP contribution in [0.4, 0.5) is 0 Å². The van der Waals surface area contributed by atoms with Crippen molar-refractivity contribution < 1.29 is 0 Å². The van der Waals surface area contributed by atoms with Crippen LogP contribution < -0.4 is 5.32 Å². The Morgan fingerprint density at radius 1 is 1.06 bits per heavy atom. The van der Waals surface area contributed by atoms with E-state index in [2.05, 4.69) is 68.9 Å². The summed E-state index contributed by atoms with van der Waals surface area (Å²) in [7, 11) is 0. The Bertz CT molecular complexity index is 380. The molecule has 2 aliphatic heterocycles. The van der Waals surface area contributed by atoms with Gasteiger partial charge in [0.1, 0.15) is 0 Å².